The number of thioether (sulfide) groups is 1. The maximum atomic E-state index is 13.5. The predicted molar refractivity (Wildman–Crippen MR) is 127 cm³/mol. The molecule has 0 saturated heterocycles. The van der Waals surface area contributed by atoms with Crippen molar-refractivity contribution in [2.24, 2.45) is 0 Å². The van der Waals surface area contributed by atoms with E-state index in [1.165, 1.54) is 33.1 Å². The summed E-state index contributed by atoms with van der Waals surface area (Å²) in [6.45, 7) is 1.63. The average Bonchev–Trinajstić information content (AvgIpc) is 3.21. The van der Waals surface area contributed by atoms with Crippen LogP contribution in [0.5, 0.6) is 17.2 Å². The van der Waals surface area contributed by atoms with Crippen molar-refractivity contribution >= 4 is 34.5 Å². The third-order valence-corrected chi connectivity index (χ3v) is 6.11. The zero-order valence-electron chi connectivity index (χ0n) is 18.5. The third-order valence-electron chi connectivity index (χ3n) is 4.95. The molecule has 1 aromatic heterocycles. The monoisotopic (exact) mass is 457 g/mol. The molecule has 0 fully saturated rings. The van der Waals surface area contributed by atoms with Crippen molar-refractivity contribution in [2.75, 3.05) is 33.7 Å². The fraction of sp³-hybridized carbons (Fsp3) is 0.292. The van der Waals surface area contributed by atoms with E-state index < -0.39 is 6.10 Å². The van der Waals surface area contributed by atoms with Crippen LogP contribution < -0.4 is 14.2 Å². The molecular weight excluding hydrogens is 430 g/mol. The summed E-state index contributed by atoms with van der Waals surface area (Å²) in [5.41, 5.74) is 3.30. The number of aliphatic hydroxyl groups is 2. The van der Waals surface area contributed by atoms with Crippen LogP contribution in [-0.2, 0) is 0 Å². The first kappa shape index (κ1) is 23.7. The van der Waals surface area contributed by atoms with Gasteiger partial charge < -0.3 is 29.4 Å². The second kappa shape index (κ2) is 10.6. The third kappa shape index (κ3) is 5.09. The number of fused-ring (bicyclic) bond motifs is 1. The van der Waals surface area contributed by atoms with E-state index in [9.17, 15) is 15.0 Å². The molecule has 3 N–H and O–H groups in total. The number of carbonyl (C=O) groups is 1. The van der Waals surface area contributed by atoms with Gasteiger partial charge in [-0.2, -0.15) is 0 Å². The lowest BCUT2D eigenvalue weighted by Crippen LogP contribution is -2.16. The number of hydrogen-bond acceptors (Lipinski definition) is 7. The molecule has 3 aromatic rings. The molecule has 7 nitrogen and oxygen atoms in total. The van der Waals surface area contributed by atoms with Gasteiger partial charge in [-0.25, -0.2) is 0 Å². The van der Waals surface area contributed by atoms with E-state index in [0.717, 1.165) is 22.0 Å². The summed E-state index contributed by atoms with van der Waals surface area (Å²) in [4.78, 5) is 17.1. The van der Waals surface area contributed by atoms with Gasteiger partial charge in [-0.15, -0.1) is 11.8 Å². The number of aliphatic hydroxyl groups excluding tert-OH is 2. The van der Waals surface area contributed by atoms with Crippen molar-refractivity contribution in [2.45, 2.75) is 13.0 Å². The zero-order valence-corrected chi connectivity index (χ0v) is 19.3. The number of ketones is 1. The number of nitrogens with one attached hydrogen (secondary N) is 1. The fourth-order valence-electron chi connectivity index (χ4n) is 3.29. The number of aromatic nitrogens is 1. The van der Waals surface area contributed by atoms with Crippen molar-refractivity contribution in [3.8, 4) is 17.2 Å². The molecule has 2 aromatic carbocycles. The maximum absolute atomic E-state index is 13.5. The number of H-pyrrole nitrogens is 1. The molecule has 0 saturated carbocycles. The molecule has 170 valence electrons. The van der Waals surface area contributed by atoms with Crippen LogP contribution in [0.4, 0.5) is 0 Å². The van der Waals surface area contributed by atoms with Crippen LogP contribution in [0.3, 0.4) is 0 Å². The van der Waals surface area contributed by atoms with E-state index >= 15 is 0 Å². The Hall–Kier alpha value is -2.94. The minimum Gasteiger partial charge on any atom is -0.493 e. The van der Waals surface area contributed by atoms with Crippen LogP contribution in [0.2, 0.25) is 0 Å². The molecule has 0 aliphatic carbocycles. The first-order valence-corrected chi connectivity index (χ1v) is 11.0. The number of Topliss-reactive ketones (excluding diaryl/α,β-unsaturated/α-hetero) is 1. The van der Waals surface area contributed by atoms with E-state index in [4.69, 9.17) is 14.2 Å². The van der Waals surface area contributed by atoms with Gasteiger partial charge in [-0.05, 0) is 36.8 Å². The summed E-state index contributed by atoms with van der Waals surface area (Å²) < 4.78 is 16.1. The van der Waals surface area contributed by atoms with Crippen LogP contribution >= 0.6 is 11.8 Å². The van der Waals surface area contributed by atoms with Gasteiger partial charge in [-0.3, -0.25) is 4.79 Å². The second-order valence-electron chi connectivity index (χ2n) is 7.19. The Labute approximate surface area is 191 Å². The van der Waals surface area contributed by atoms with Crippen LogP contribution in [-0.4, -0.2) is 60.8 Å². The SMILES string of the molecule is COc1cc(C(=O)/C(=C/c2c[nH]c3cc(C)ccc23)SCC(O)CO)cc(OC)c1OC. The van der Waals surface area contributed by atoms with Gasteiger partial charge >= 0.3 is 0 Å². The number of benzene rings is 2. The molecule has 3 rings (SSSR count). The highest BCUT2D eigenvalue weighted by Gasteiger charge is 2.21. The van der Waals surface area contributed by atoms with Crippen LogP contribution in [0.25, 0.3) is 17.0 Å². The Kier molecular flexibility index (Phi) is 7.84. The number of allylic oxidation sites excluding steroid dienone is 1. The topological polar surface area (TPSA) is 101 Å². The van der Waals surface area contributed by atoms with Crippen molar-refractivity contribution in [1.29, 1.82) is 0 Å². The Bertz CT molecular complexity index is 1110. The molecule has 1 unspecified atom stereocenters. The first-order chi connectivity index (χ1) is 15.4. The Morgan fingerprint density at radius 3 is 2.41 bits per heavy atom. The molecule has 0 spiro atoms. The molecule has 0 aliphatic rings. The van der Waals surface area contributed by atoms with Gasteiger partial charge in [0, 0.05) is 34.0 Å². The van der Waals surface area contributed by atoms with E-state index in [-0.39, 0.29) is 18.1 Å². The highest BCUT2D eigenvalue weighted by atomic mass is 32.2. The Morgan fingerprint density at radius 2 is 1.81 bits per heavy atom. The Morgan fingerprint density at radius 1 is 1.12 bits per heavy atom. The van der Waals surface area contributed by atoms with Crippen LogP contribution in [0.1, 0.15) is 21.5 Å². The molecule has 0 aliphatic heterocycles. The highest BCUT2D eigenvalue weighted by molar-refractivity contribution is 8.04. The highest BCUT2D eigenvalue weighted by Crippen LogP contribution is 2.39. The van der Waals surface area contributed by atoms with Gasteiger partial charge in [0.25, 0.3) is 0 Å². The fourth-order valence-corrected chi connectivity index (χ4v) is 4.23. The van der Waals surface area contributed by atoms with Crippen molar-refractivity contribution in [3.05, 3.63) is 58.1 Å². The quantitative estimate of drug-likeness (QED) is 0.314. The second-order valence-corrected chi connectivity index (χ2v) is 8.25. The zero-order chi connectivity index (χ0) is 23.3. The lowest BCUT2D eigenvalue weighted by atomic mass is 10.1. The number of rotatable bonds is 10. The van der Waals surface area contributed by atoms with Gasteiger partial charge in [0.15, 0.2) is 17.3 Å². The normalized spacial score (nSPS) is 12.6. The summed E-state index contributed by atoms with van der Waals surface area (Å²) in [7, 11) is 4.48. The summed E-state index contributed by atoms with van der Waals surface area (Å²) in [6, 6.07) is 9.24. The summed E-state index contributed by atoms with van der Waals surface area (Å²) >= 11 is 1.18. The number of hydrogen-bond donors (Lipinski definition) is 3. The standard InChI is InChI=1S/C24H27NO6S/c1-14-5-6-18-16(11-25-19(18)7-14)10-22(32-13-17(27)12-26)23(28)15-8-20(29-2)24(31-4)21(9-15)30-3/h5-11,17,25-27H,12-13H2,1-4H3/b22-10-. The smallest absolute Gasteiger partial charge is 0.203 e. The van der Waals surface area contributed by atoms with E-state index in [1.54, 1.807) is 18.2 Å². The molecule has 0 bridgehead atoms. The van der Waals surface area contributed by atoms with Crippen LogP contribution in [0, 0.1) is 6.92 Å². The molecule has 1 heterocycles. The van der Waals surface area contributed by atoms with E-state index in [1.807, 2.05) is 31.3 Å². The van der Waals surface area contributed by atoms with Gasteiger partial charge in [-0.1, -0.05) is 12.1 Å². The Balaban J connectivity index is 2.07. The van der Waals surface area contributed by atoms with Crippen LogP contribution in [0.15, 0.2) is 41.4 Å². The van der Waals surface area contributed by atoms with Crippen molar-refractivity contribution < 1.29 is 29.2 Å². The van der Waals surface area contributed by atoms with Crippen molar-refractivity contribution in [3.63, 3.8) is 0 Å². The number of methoxy groups -OCH3 is 3. The van der Waals surface area contributed by atoms with Gasteiger partial charge in [0.2, 0.25) is 5.75 Å². The minimum atomic E-state index is -0.943. The molecule has 1 atom stereocenters. The summed E-state index contributed by atoms with van der Waals surface area (Å²) in [5.74, 6) is 1.04. The molecular formula is C24H27NO6S. The van der Waals surface area contributed by atoms with Gasteiger partial charge in [0.05, 0.1) is 38.9 Å². The van der Waals surface area contributed by atoms with E-state index in [0.29, 0.717) is 27.7 Å². The average molecular weight is 458 g/mol. The first-order valence-electron chi connectivity index (χ1n) is 9.97. The number of carbonyl (C=O) groups excluding carboxylic acids is 1. The largest absolute Gasteiger partial charge is 0.493 e. The number of aromatic amines is 1. The number of ether oxygens (including phenoxy) is 3. The molecule has 8 heteroatoms. The number of aryl methyl sites for hydroxylation is 1. The lowest BCUT2D eigenvalue weighted by Gasteiger charge is -2.15. The van der Waals surface area contributed by atoms with Crippen molar-refractivity contribution in [1.82, 2.24) is 4.98 Å². The maximum Gasteiger partial charge on any atom is 0.203 e. The van der Waals surface area contributed by atoms with E-state index in [2.05, 4.69) is 4.98 Å². The molecule has 0 radical (unpaired) electrons. The summed E-state index contributed by atoms with van der Waals surface area (Å²) in [6.07, 6.45) is 2.69. The lowest BCUT2D eigenvalue weighted by molar-refractivity contribution is 0.104. The van der Waals surface area contributed by atoms with Gasteiger partial charge in [0.1, 0.15) is 0 Å². The minimum absolute atomic E-state index is 0.167. The predicted octanol–water partition coefficient (Wildman–Crippen LogP) is 3.81. The molecule has 0 amide bonds. The summed E-state index contributed by atoms with van der Waals surface area (Å²) in [5, 5.41) is 20.0. The molecule has 32 heavy (non-hydrogen) atoms.